The van der Waals surface area contributed by atoms with Gasteiger partial charge in [-0.15, -0.1) is 0 Å². The number of hydrogen-bond acceptors (Lipinski definition) is 4. The summed E-state index contributed by atoms with van der Waals surface area (Å²) in [5.41, 5.74) is 4.14. The maximum absolute atomic E-state index is 11.0. The quantitative estimate of drug-likeness (QED) is 0.538. The lowest BCUT2D eigenvalue weighted by Gasteiger charge is -2.14. The van der Waals surface area contributed by atoms with Crippen molar-refractivity contribution in [1.82, 2.24) is 5.32 Å². The highest BCUT2D eigenvalue weighted by Gasteiger charge is 2.40. The molecule has 1 fully saturated rings. The first kappa shape index (κ1) is 13.6. The molecule has 0 saturated carbocycles. The standard InChI is InChI=1S/C7H11NO2.C2H5NO2/c1-3-7(2)4-5(9)8-6(7)10;3-1-2(4)5/h3-4H2,1-2H3,(H,8,9,10);1,3H2,(H,4,5). The minimum absolute atomic E-state index is 0.125. The summed E-state index contributed by atoms with van der Waals surface area (Å²) in [7, 11) is 0. The van der Waals surface area contributed by atoms with Crippen molar-refractivity contribution in [3.8, 4) is 0 Å². The van der Waals surface area contributed by atoms with Gasteiger partial charge in [-0.25, -0.2) is 0 Å². The molecule has 6 nitrogen and oxygen atoms in total. The average Bonchev–Trinajstić information content (AvgIpc) is 2.42. The third kappa shape index (κ3) is 4.07. The van der Waals surface area contributed by atoms with Gasteiger partial charge < -0.3 is 10.8 Å². The van der Waals surface area contributed by atoms with Crippen molar-refractivity contribution < 1.29 is 19.5 Å². The summed E-state index contributed by atoms with van der Waals surface area (Å²) in [6.07, 6.45) is 1.08. The van der Waals surface area contributed by atoms with Crippen LogP contribution in [0.4, 0.5) is 0 Å². The number of amides is 2. The minimum Gasteiger partial charge on any atom is -0.480 e. The van der Waals surface area contributed by atoms with Gasteiger partial charge in [0.2, 0.25) is 11.8 Å². The van der Waals surface area contributed by atoms with Crippen LogP contribution in [0.2, 0.25) is 0 Å². The van der Waals surface area contributed by atoms with Gasteiger partial charge in [0.25, 0.3) is 0 Å². The second-order valence-corrected chi connectivity index (χ2v) is 3.57. The second-order valence-electron chi connectivity index (χ2n) is 3.57. The molecule has 0 spiro atoms. The molecule has 1 heterocycles. The molecule has 1 saturated heterocycles. The van der Waals surface area contributed by atoms with Crippen molar-refractivity contribution in [3.05, 3.63) is 0 Å². The Labute approximate surface area is 87.8 Å². The summed E-state index contributed by atoms with van der Waals surface area (Å²) in [6.45, 7) is 3.45. The predicted molar refractivity (Wildman–Crippen MR) is 52.9 cm³/mol. The van der Waals surface area contributed by atoms with Crippen LogP contribution in [0.1, 0.15) is 26.7 Å². The van der Waals surface area contributed by atoms with Gasteiger partial charge in [-0.1, -0.05) is 13.8 Å². The number of rotatable bonds is 2. The van der Waals surface area contributed by atoms with Gasteiger partial charge in [-0.05, 0) is 6.42 Å². The van der Waals surface area contributed by atoms with Gasteiger partial charge in [0.15, 0.2) is 0 Å². The molecule has 1 atom stereocenters. The highest BCUT2D eigenvalue weighted by atomic mass is 16.4. The van der Waals surface area contributed by atoms with Gasteiger partial charge in [-0.2, -0.15) is 0 Å². The van der Waals surface area contributed by atoms with Gasteiger partial charge >= 0.3 is 5.97 Å². The molecule has 6 heteroatoms. The van der Waals surface area contributed by atoms with E-state index < -0.39 is 11.4 Å². The van der Waals surface area contributed by atoms with Crippen molar-refractivity contribution in [1.29, 1.82) is 0 Å². The van der Waals surface area contributed by atoms with E-state index >= 15 is 0 Å². The number of carbonyl (C=O) groups is 3. The monoisotopic (exact) mass is 216 g/mol. The molecule has 1 rings (SSSR count). The molecular weight excluding hydrogens is 200 g/mol. The fourth-order valence-electron chi connectivity index (χ4n) is 1.04. The molecular formula is C9H16N2O4. The normalized spacial score (nSPS) is 24.2. The molecule has 2 amide bonds. The molecule has 4 N–H and O–H groups in total. The zero-order chi connectivity index (χ0) is 12.1. The minimum atomic E-state index is -0.968. The number of nitrogens with one attached hydrogen (secondary N) is 1. The van der Waals surface area contributed by atoms with Crippen LogP contribution in [0.15, 0.2) is 0 Å². The Balaban J connectivity index is 0.000000336. The van der Waals surface area contributed by atoms with Crippen molar-refractivity contribution in [2.45, 2.75) is 26.7 Å². The third-order valence-electron chi connectivity index (χ3n) is 2.31. The summed E-state index contributed by atoms with van der Waals surface area (Å²) >= 11 is 0. The maximum Gasteiger partial charge on any atom is 0.317 e. The second kappa shape index (κ2) is 5.45. The van der Waals surface area contributed by atoms with Crippen molar-refractivity contribution in [2.24, 2.45) is 11.1 Å². The Morgan fingerprint density at radius 2 is 2.07 bits per heavy atom. The summed E-state index contributed by atoms with van der Waals surface area (Å²) in [4.78, 5) is 30.9. The Kier molecular flexibility index (Phi) is 4.93. The molecule has 86 valence electrons. The molecule has 0 aromatic carbocycles. The highest BCUT2D eigenvalue weighted by molar-refractivity contribution is 6.05. The molecule has 1 unspecified atom stereocenters. The lowest BCUT2D eigenvalue weighted by Crippen LogP contribution is -2.28. The highest BCUT2D eigenvalue weighted by Crippen LogP contribution is 2.29. The number of nitrogens with two attached hydrogens (primary N) is 1. The maximum atomic E-state index is 11.0. The first-order valence-electron chi connectivity index (χ1n) is 4.62. The molecule has 0 aliphatic carbocycles. The molecule has 0 bridgehead atoms. The van der Waals surface area contributed by atoms with Crippen LogP contribution >= 0.6 is 0 Å². The van der Waals surface area contributed by atoms with E-state index in [-0.39, 0.29) is 18.4 Å². The number of imide groups is 1. The van der Waals surface area contributed by atoms with Crippen LogP contribution in [-0.2, 0) is 14.4 Å². The van der Waals surface area contributed by atoms with Crippen LogP contribution < -0.4 is 11.1 Å². The lowest BCUT2D eigenvalue weighted by atomic mass is 9.86. The Morgan fingerprint density at radius 3 is 2.20 bits per heavy atom. The molecule has 1 aliphatic rings. The fourth-order valence-corrected chi connectivity index (χ4v) is 1.04. The van der Waals surface area contributed by atoms with E-state index in [1.165, 1.54) is 0 Å². The van der Waals surface area contributed by atoms with Crippen LogP contribution in [0.5, 0.6) is 0 Å². The third-order valence-corrected chi connectivity index (χ3v) is 2.31. The van der Waals surface area contributed by atoms with E-state index in [9.17, 15) is 14.4 Å². The molecule has 0 aromatic heterocycles. The van der Waals surface area contributed by atoms with Crippen molar-refractivity contribution >= 4 is 17.8 Å². The van der Waals surface area contributed by atoms with E-state index in [4.69, 9.17) is 5.11 Å². The van der Waals surface area contributed by atoms with Crippen molar-refractivity contribution in [3.63, 3.8) is 0 Å². The number of hydrogen-bond donors (Lipinski definition) is 3. The zero-order valence-electron chi connectivity index (χ0n) is 8.87. The Morgan fingerprint density at radius 1 is 1.60 bits per heavy atom. The summed E-state index contributed by atoms with van der Waals surface area (Å²) in [6, 6.07) is 0. The lowest BCUT2D eigenvalue weighted by molar-refractivity contribution is -0.135. The Bertz CT molecular complexity index is 277. The number of carboxylic acids is 1. The van der Waals surface area contributed by atoms with Crippen molar-refractivity contribution in [2.75, 3.05) is 6.54 Å². The summed E-state index contributed by atoms with van der Waals surface area (Å²) in [5.74, 6) is -1.24. The molecule has 0 aromatic rings. The average molecular weight is 216 g/mol. The largest absolute Gasteiger partial charge is 0.480 e. The molecule has 1 aliphatic heterocycles. The van der Waals surface area contributed by atoms with Gasteiger partial charge in [0.1, 0.15) is 0 Å². The molecule has 0 radical (unpaired) electrons. The van der Waals surface area contributed by atoms with Gasteiger partial charge in [0.05, 0.1) is 12.0 Å². The predicted octanol–water partition coefficient (Wildman–Crippen LogP) is -0.521. The van der Waals surface area contributed by atoms with E-state index in [0.29, 0.717) is 6.42 Å². The first-order chi connectivity index (χ1) is 6.85. The Hall–Kier alpha value is -1.43. The number of aliphatic carboxylic acids is 1. The topological polar surface area (TPSA) is 109 Å². The van der Waals surface area contributed by atoms with E-state index in [0.717, 1.165) is 6.42 Å². The number of carbonyl (C=O) groups excluding carboxylic acids is 2. The van der Waals surface area contributed by atoms with Crippen LogP contribution in [0.25, 0.3) is 0 Å². The number of carboxylic acid groups (broad SMARTS) is 1. The molecule has 15 heavy (non-hydrogen) atoms. The van der Waals surface area contributed by atoms with E-state index in [1.807, 2.05) is 13.8 Å². The van der Waals surface area contributed by atoms with E-state index in [1.54, 1.807) is 0 Å². The fraction of sp³-hybridized carbons (Fsp3) is 0.667. The SMILES string of the molecule is CCC1(C)CC(=O)NC1=O.NCC(=O)O. The zero-order valence-corrected chi connectivity index (χ0v) is 8.87. The van der Waals surface area contributed by atoms with Gasteiger partial charge in [-0.3, -0.25) is 19.7 Å². The van der Waals surface area contributed by atoms with Gasteiger partial charge in [0, 0.05) is 6.42 Å². The van der Waals surface area contributed by atoms with Crippen LogP contribution in [-0.4, -0.2) is 29.4 Å². The van der Waals surface area contributed by atoms with E-state index in [2.05, 4.69) is 11.1 Å². The van der Waals surface area contributed by atoms with Crippen LogP contribution in [0, 0.1) is 5.41 Å². The summed E-state index contributed by atoms with van der Waals surface area (Å²) in [5, 5.41) is 9.88. The first-order valence-corrected chi connectivity index (χ1v) is 4.62. The smallest absolute Gasteiger partial charge is 0.317 e. The van der Waals surface area contributed by atoms with Crippen LogP contribution in [0.3, 0.4) is 0 Å². The summed E-state index contributed by atoms with van der Waals surface area (Å²) < 4.78 is 0.